The van der Waals surface area contributed by atoms with Crippen molar-refractivity contribution in [2.24, 2.45) is 5.41 Å². The molecule has 0 aromatic carbocycles. The maximum atomic E-state index is 12.4. The van der Waals surface area contributed by atoms with Gasteiger partial charge in [-0.05, 0) is 34.6 Å². The lowest BCUT2D eigenvalue weighted by Gasteiger charge is -2.29. The molecule has 6 nitrogen and oxygen atoms in total. The maximum absolute atomic E-state index is 12.4. The van der Waals surface area contributed by atoms with Gasteiger partial charge in [0.1, 0.15) is 29.6 Å². The summed E-state index contributed by atoms with van der Waals surface area (Å²) in [6.07, 6.45) is 1.27. The quantitative estimate of drug-likeness (QED) is 0.181. The summed E-state index contributed by atoms with van der Waals surface area (Å²) in [6, 6.07) is 0. The molecule has 0 spiro atoms. The number of carbonyl (C=O) groups is 2. The van der Waals surface area contributed by atoms with E-state index in [0.717, 1.165) is 0 Å². The summed E-state index contributed by atoms with van der Waals surface area (Å²) in [4.78, 5) is 24.4. The molecule has 0 saturated carbocycles. The number of carbonyl (C=O) groups excluding carboxylic acids is 2. The first-order chi connectivity index (χ1) is 11.3. The second kappa shape index (κ2) is 10.5. The standard InChI is InChI=1S/C17H28Br2O6/c1-7-22-8-9-24-14(21)17(6,11-23-10-15(2,3)18)12-25-13(20)16(4,5)19/h7H,1,8-12H2,2-6H3. The Balaban J connectivity index is 4.86. The lowest BCUT2D eigenvalue weighted by atomic mass is 9.93. The summed E-state index contributed by atoms with van der Waals surface area (Å²) in [7, 11) is 0. The van der Waals surface area contributed by atoms with Crippen LogP contribution in [0.3, 0.4) is 0 Å². The third-order valence-corrected chi connectivity index (χ3v) is 3.47. The molecular weight excluding hydrogens is 460 g/mol. The van der Waals surface area contributed by atoms with Gasteiger partial charge >= 0.3 is 11.9 Å². The molecule has 0 rings (SSSR count). The Hall–Kier alpha value is -0.600. The number of alkyl halides is 2. The van der Waals surface area contributed by atoms with Crippen LogP contribution in [0.5, 0.6) is 0 Å². The molecule has 0 aromatic heterocycles. The van der Waals surface area contributed by atoms with Crippen molar-refractivity contribution in [1.82, 2.24) is 0 Å². The van der Waals surface area contributed by atoms with E-state index in [1.165, 1.54) is 6.26 Å². The number of esters is 2. The average Bonchev–Trinajstić information content (AvgIpc) is 2.46. The summed E-state index contributed by atoms with van der Waals surface area (Å²) in [5, 5.41) is 0. The molecule has 0 fully saturated rings. The Bertz CT molecular complexity index is 453. The van der Waals surface area contributed by atoms with E-state index in [0.29, 0.717) is 6.61 Å². The fourth-order valence-corrected chi connectivity index (χ4v) is 1.79. The monoisotopic (exact) mass is 486 g/mol. The van der Waals surface area contributed by atoms with Gasteiger partial charge in [0, 0.05) is 4.32 Å². The lowest BCUT2D eigenvalue weighted by Crippen LogP contribution is -2.42. The van der Waals surface area contributed by atoms with Crippen molar-refractivity contribution in [2.45, 2.75) is 43.3 Å². The number of hydrogen-bond acceptors (Lipinski definition) is 6. The molecule has 25 heavy (non-hydrogen) atoms. The van der Waals surface area contributed by atoms with Crippen molar-refractivity contribution in [3.8, 4) is 0 Å². The van der Waals surface area contributed by atoms with Crippen LogP contribution in [0.1, 0.15) is 34.6 Å². The van der Waals surface area contributed by atoms with E-state index < -0.39 is 21.7 Å². The van der Waals surface area contributed by atoms with E-state index in [4.69, 9.17) is 18.9 Å². The smallest absolute Gasteiger partial charge is 0.322 e. The third-order valence-electron chi connectivity index (χ3n) is 2.92. The molecule has 0 aliphatic rings. The largest absolute Gasteiger partial charge is 0.498 e. The van der Waals surface area contributed by atoms with Crippen LogP contribution in [0.15, 0.2) is 12.8 Å². The van der Waals surface area contributed by atoms with E-state index in [1.54, 1.807) is 20.8 Å². The normalized spacial score (nSPS) is 14.4. The van der Waals surface area contributed by atoms with Crippen LogP contribution in [0.25, 0.3) is 0 Å². The van der Waals surface area contributed by atoms with Crippen LogP contribution in [0.2, 0.25) is 0 Å². The van der Waals surface area contributed by atoms with Crippen molar-refractivity contribution < 1.29 is 28.5 Å². The van der Waals surface area contributed by atoms with Crippen molar-refractivity contribution in [3.05, 3.63) is 12.8 Å². The predicted octanol–water partition coefficient (Wildman–Crippen LogP) is 3.60. The molecule has 0 aromatic rings. The highest BCUT2D eigenvalue weighted by molar-refractivity contribution is 9.10. The maximum Gasteiger partial charge on any atom is 0.322 e. The molecule has 146 valence electrons. The Morgan fingerprint density at radius 3 is 2.00 bits per heavy atom. The lowest BCUT2D eigenvalue weighted by molar-refractivity contribution is -0.168. The summed E-state index contributed by atoms with van der Waals surface area (Å²) >= 11 is 6.70. The predicted molar refractivity (Wildman–Crippen MR) is 103 cm³/mol. The van der Waals surface area contributed by atoms with Gasteiger partial charge in [-0.1, -0.05) is 38.4 Å². The minimum Gasteiger partial charge on any atom is -0.498 e. The van der Waals surface area contributed by atoms with Gasteiger partial charge in [-0.25, -0.2) is 0 Å². The molecule has 0 amide bonds. The molecular formula is C17H28Br2O6. The Kier molecular flexibility index (Phi) is 10.3. The molecule has 0 heterocycles. The van der Waals surface area contributed by atoms with Gasteiger partial charge in [0.15, 0.2) is 0 Å². The molecule has 0 saturated heterocycles. The molecule has 0 aliphatic heterocycles. The molecule has 0 N–H and O–H groups in total. The molecule has 0 radical (unpaired) electrons. The van der Waals surface area contributed by atoms with Gasteiger partial charge in [-0.2, -0.15) is 0 Å². The zero-order valence-corrected chi connectivity index (χ0v) is 18.7. The van der Waals surface area contributed by atoms with Gasteiger partial charge in [0.05, 0.1) is 19.5 Å². The van der Waals surface area contributed by atoms with Crippen molar-refractivity contribution in [1.29, 1.82) is 0 Å². The number of ether oxygens (including phenoxy) is 4. The Morgan fingerprint density at radius 2 is 1.52 bits per heavy atom. The first kappa shape index (κ1) is 24.4. The summed E-state index contributed by atoms with van der Waals surface area (Å²) in [5.41, 5.74) is -1.12. The summed E-state index contributed by atoms with van der Waals surface area (Å²) in [5.74, 6) is -0.991. The minimum atomic E-state index is -1.12. The zero-order chi connectivity index (χ0) is 19.7. The summed E-state index contributed by atoms with van der Waals surface area (Å²) in [6.45, 7) is 12.8. The Morgan fingerprint density at radius 1 is 0.920 bits per heavy atom. The van der Waals surface area contributed by atoms with Crippen molar-refractivity contribution >= 4 is 43.8 Å². The average molecular weight is 488 g/mol. The highest BCUT2D eigenvalue weighted by Gasteiger charge is 2.39. The van der Waals surface area contributed by atoms with Gasteiger partial charge in [0.25, 0.3) is 0 Å². The molecule has 8 heteroatoms. The van der Waals surface area contributed by atoms with Crippen LogP contribution in [0.4, 0.5) is 0 Å². The molecule has 0 aliphatic carbocycles. The second-order valence-electron chi connectivity index (χ2n) is 6.99. The highest BCUT2D eigenvalue weighted by atomic mass is 79.9. The van der Waals surface area contributed by atoms with E-state index in [1.807, 2.05) is 13.8 Å². The van der Waals surface area contributed by atoms with Crippen LogP contribution >= 0.6 is 31.9 Å². The second-order valence-corrected chi connectivity index (χ2v) is 11.1. The van der Waals surface area contributed by atoms with Crippen molar-refractivity contribution in [3.63, 3.8) is 0 Å². The van der Waals surface area contributed by atoms with Crippen molar-refractivity contribution in [2.75, 3.05) is 33.0 Å². The Labute approximate surface area is 166 Å². The SMILES string of the molecule is C=COCCOC(=O)C(C)(COCC(C)(C)Br)COC(=O)C(C)(C)Br. The van der Waals surface area contributed by atoms with E-state index in [-0.39, 0.29) is 30.8 Å². The first-order valence-electron chi connectivity index (χ1n) is 7.84. The molecule has 1 unspecified atom stereocenters. The number of hydrogen-bond donors (Lipinski definition) is 0. The zero-order valence-electron chi connectivity index (χ0n) is 15.5. The summed E-state index contributed by atoms with van der Waals surface area (Å²) < 4.78 is 20.0. The number of rotatable bonds is 12. The fourth-order valence-electron chi connectivity index (χ4n) is 1.51. The molecule has 0 bridgehead atoms. The van der Waals surface area contributed by atoms with E-state index in [9.17, 15) is 9.59 Å². The molecule has 1 atom stereocenters. The van der Waals surface area contributed by atoms with Gasteiger partial charge in [-0.15, -0.1) is 0 Å². The van der Waals surface area contributed by atoms with Crippen LogP contribution in [-0.2, 0) is 28.5 Å². The van der Waals surface area contributed by atoms with Gasteiger partial charge < -0.3 is 18.9 Å². The van der Waals surface area contributed by atoms with Gasteiger partial charge in [0.2, 0.25) is 0 Å². The number of halogens is 2. The third kappa shape index (κ3) is 10.9. The first-order valence-corrected chi connectivity index (χ1v) is 9.43. The van der Waals surface area contributed by atoms with Crippen LogP contribution < -0.4 is 0 Å². The minimum absolute atomic E-state index is 0.0547. The van der Waals surface area contributed by atoms with E-state index in [2.05, 4.69) is 38.4 Å². The van der Waals surface area contributed by atoms with Crippen LogP contribution in [0, 0.1) is 5.41 Å². The fraction of sp³-hybridized carbons (Fsp3) is 0.765. The highest BCUT2D eigenvalue weighted by Crippen LogP contribution is 2.25. The van der Waals surface area contributed by atoms with Gasteiger partial charge in [-0.3, -0.25) is 9.59 Å². The van der Waals surface area contributed by atoms with E-state index >= 15 is 0 Å². The topological polar surface area (TPSA) is 71.1 Å². The van der Waals surface area contributed by atoms with Crippen LogP contribution in [-0.4, -0.2) is 53.6 Å².